The summed E-state index contributed by atoms with van der Waals surface area (Å²) in [5.41, 5.74) is 3.69. The molecule has 0 spiro atoms. The maximum absolute atomic E-state index is 12.0. The molecular formula is C25H31N3O3. The van der Waals surface area contributed by atoms with E-state index in [1.165, 1.54) is 5.56 Å². The summed E-state index contributed by atoms with van der Waals surface area (Å²) >= 11 is 0. The number of allylic oxidation sites excluding steroid dienone is 1. The molecule has 0 bridgehead atoms. The van der Waals surface area contributed by atoms with Gasteiger partial charge in [0.1, 0.15) is 0 Å². The number of rotatable bonds is 8. The smallest absolute Gasteiger partial charge is 0.333 e. The van der Waals surface area contributed by atoms with Gasteiger partial charge in [-0.15, -0.1) is 0 Å². The first-order chi connectivity index (χ1) is 15.0. The molecule has 1 N–H and O–H groups in total. The van der Waals surface area contributed by atoms with E-state index < -0.39 is 5.97 Å². The minimum absolute atomic E-state index is 0.293. The molecule has 6 nitrogen and oxygen atoms in total. The predicted octanol–water partition coefficient (Wildman–Crippen LogP) is 3.85. The highest BCUT2D eigenvalue weighted by Gasteiger charge is 2.17. The number of hydrogen-bond donors (Lipinski definition) is 1. The van der Waals surface area contributed by atoms with Crippen LogP contribution in [0.2, 0.25) is 0 Å². The fraction of sp³-hybridized carbons (Fsp3) is 0.360. The number of ether oxygens (including phenoxy) is 1. The maximum Gasteiger partial charge on any atom is 0.333 e. The van der Waals surface area contributed by atoms with Crippen molar-refractivity contribution < 1.29 is 14.3 Å². The number of amides is 1. The fourth-order valence-corrected chi connectivity index (χ4v) is 3.59. The summed E-state index contributed by atoms with van der Waals surface area (Å²) in [7, 11) is 0. The molecule has 1 amide bonds. The first kappa shape index (κ1) is 22.6. The van der Waals surface area contributed by atoms with Gasteiger partial charge in [-0.3, -0.25) is 9.69 Å². The zero-order chi connectivity index (χ0) is 22.1. The van der Waals surface area contributed by atoms with Gasteiger partial charge in [-0.25, -0.2) is 4.79 Å². The molecular weight excluding hydrogens is 390 g/mol. The Morgan fingerprint density at radius 1 is 1.00 bits per heavy atom. The van der Waals surface area contributed by atoms with E-state index in [0.29, 0.717) is 11.3 Å². The number of esters is 1. The fourth-order valence-electron chi connectivity index (χ4n) is 3.59. The minimum atomic E-state index is -0.459. The van der Waals surface area contributed by atoms with Crippen LogP contribution < -0.4 is 10.2 Å². The van der Waals surface area contributed by atoms with Crippen LogP contribution in [0.4, 0.5) is 11.4 Å². The lowest BCUT2D eigenvalue weighted by Crippen LogP contribution is -2.45. The molecule has 0 aromatic heterocycles. The Bertz CT molecular complexity index is 886. The van der Waals surface area contributed by atoms with Crippen molar-refractivity contribution in [1.82, 2.24) is 4.90 Å². The molecule has 0 atom stereocenters. The van der Waals surface area contributed by atoms with Crippen molar-refractivity contribution in [3.63, 3.8) is 0 Å². The Kier molecular flexibility index (Phi) is 8.24. The molecule has 0 aliphatic carbocycles. The number of nitrogens with one attached hydrogen (secondary N) is 1. The number of nitrogens with zero attached hydrogens (tertiary/aromatic N) is 2. The second-order valence-electron chi connectivity index (χ2n) is 7.72. The number of carbonyl (C=O) groups is 2. The molecule has 164 valence electrons. The Hall–Kier alpha value is -3.12. The van der Waals surface area contributed by atoms with E-state index in [4.69, 9.17) is 4.74 Å². The summed E-state index contributed by atoms with van der Waals surface area (Å²) in [6.45, 7) is 8.30. The van der Waals surface area contributed by atoms with Crippen LogP contribution in [0, 0.1) is 0 Å². The third-order valence-corrected chi connectivity index (χ3v) is 5.30. The van der Waals surface area contributed by atoms with Crippen molar-refractivity contribution >= 4 is 23.3 Å². The molecule has 1 aliphatic heterocycles. The van der Waals surface area contributed by atoms with E-state index in [9.17, 15) is 9.59 Å². The molecule has 0 saturated carbocycles. The molecule has 1 fully saturated rings. The van der Waals surface area contributed by atoms with E-state index in [1.807, 2.05) is 37.3 Å². The highest BCUT2D eigenvalue weighted by atomic mass is 16.5. The van der Waals surface area contributed by atoms with Crippen LogP contribution in [0.1, 0.15) is 25.8 Å². The van der Waals surface area contributed by atoms with Crippen LogP contribution in [0.25, 0.3) is 0 Å². The summed E-state index contributed by atoms with van der Waals surface area (Å²) in [6.07, 6.45) is 2.53. The normalized spacial score (nSPS) is 14.9. The Morgan fingerprint density at radius 2 is 1.68 bits per heavy atom. The lowest BCUT2D eigenvalue weighted by molar-refractivity contribution is -0.143. The van der Waals surface area contributed by atoms with Crippen molar-refractivity contribution in [2.75, 3.05) is 43.0 Å². The molecule has 1 heterocycles. The monoisotopic (exact) mass is 421 g/mol. The minimum Gasteiger partial charge on any atom is -0.452 e. The Labute approximate surface area is 184 Å². The third-order valence-electron chi connectivity index (χ3n) is 5.30. The first-order valence-electron chi connectivity index (χ1n) is 10.8. The van der Waals surface area contributed by atoms with Crippen molar-refractivity contribution in [3.8, 4) is 0 Å². The van der Waals surface area contributed by atoms with E-state index in [1.54, 1.807) is 13.0 Å². The van der Waals surface area contributed by atoms with Crippen LogP contribution in [-0.4, -0.2) is 49.6 Å². The average Bonchev–Trinajstić information content (AvgIpc) is 2.79. The van der Waals surface area contributed by atoms with Crippen LogP contribution in [0.3, 0.4) is 0 Å². The Balaban J connectivity index is 1.43. The summed E-state index contributed by atoms with van der Waals surface area (Å²) in [6, 6.07) is 18.4. The molecule has 6 heteroatoms. The van der Waals surface area contributed by atoms with Gasteiger partial charge in [-0.2, -0.15) is 0 Å². The summed E-state index contributed by atoms with van der Waals surface area (Å²) in [4.78, 5) is 28.6. The molecule has 2 aromatic carbocycles. The zero-order valence-electron chi connectivity index (χ0n) is 18.3. The van der Waals surface area contributed by atoms with Gasteiger partial charge in [0.25, 0.3) is 5.91 Å². The van der Waals surface area contributed by atoms with Crippen molar-refractivity contribution in [3.05, 3.63) is 71.8 Å². The average molecular weight is 422 g/mol. The van der Waals surface area contributed by atoms with Crippen LogP contribution in [0.5, 0.6) is 0 Å². The number of benzene rings is 2. The highest BCUT2D eigenvalue weighted by Crippen LogP contribution is 2.20. The van der Waals surface area contributed by atoms with E-state index in [-0.39, 0.29) is 12.5 Å². The maximum atomic E-state index is 12.0. The third kappa shape index (κ3) is 6.96. The van der Waals surface area contributed by atoms with Gasteiger partial charge < -0.3 is 15.0 Å². The van der Waals surface area contributed by atoms with Crippen LogP contribution in [0.15, 0.2) is 66.2 Å². The lowest BCUT2D eigenvalue weighted by Gasteiger charge is -2.36. The van der Waals surface area contributed by atoms with Gasteiger partial charge >= 0.3 is 5.97 Å². The lowest BCUT2D eigenvalue weighted by atomic mass is 10.2. The highest BCUT2D eigenvalue weighted by molar-refractivity contribution is 5.95. The molecule has 0 radical (unpaired) electrons. The Morgan fingerprint density at radius 3 is 2.32 bits per heavy atom. The molecule has 0 unspecified atom stereocenters. The number of piperazine rings is 1. The van der Waals surface area contributed by atoms with Crippen molar-refractivity contribution in [2.24, 2.45) is 0 Å². The molecule has 3 rings (SSSR count). The number of carbonyl (C=O) groups excluding carboxylic acids is 2. The topological polar surface area (TPSA) is 61.9 Å². The van der Waals surface area contributed by atoms with E-state index in [0.717, 1.165) is 44.8 Å². The second kappa shape index (κ2) is 11.3. The molecule has 1 aliphatic rings. The number of anilines is 2. The summed E-state index contributed by atoms with van der Waals surface area (Å²) < 4.78 is 5.03. The zero-order valence-corrected chi connectivity index (χ0v) is 18.3. The van der Waals surface area contributed by atoms with Gasteiger partial charge in [-0.1, -0.05) is 43.3 Å². The van der Waals surface area contributed by atoms with Crippen LogP contribution in [-0.2, 0) is 20.9 Å². The molecule has 2 aromatic rings. The molecule has 1 saturated heterocycles. The summed E-state index contributed by atoms with van der Waals surface area (Å²) in [5.74, 6) is -0.807. The predicted molar refractivity (Wildman–Crippen MR) is 124 cm³/mol. The van der Waals surface area contributed by atoms with Gasteiger partial charge in [0, 0.05) is 49.7 Å². The number of hydrogen-bond acceptors (Lipinski definition) is 5. The largest absolute Gasteiger partial charge is 0.452 e. The summed E-state index contributed by atoms with van der Waals surface area (Å²) in [5, 5.41) is 2.77. The first-order valence-corrected chi connectivity index (χ1v) is 10.8. The van der Waals surface area contributed by atoms with Crippen molar-refractivity contribution in [2.45, 2.75) is 26.8 Å². The van der Waals surface area contributed by atoms with E-state index >= 15 is 0 Å². The quantitative estimate of drug-likeness (QED) is 0.518. The van der Waals surface area contributed by atoms with Crippen molar-refractivity contribution in [1.29, 1.82) is 0 Å². The van der Waals surface area contributed by atoms with Gasteiger partial charge in [-0.05, 0) is 43.2 Å². The van der Waals surface area contributed by atoms with Crippen LogP contribution >= 0.6 is 0 Å². The molecule has 31 heavy (non-hydrogen) atoms. The SMILES string of the molecule is CC/C=C(/C)C(=O)OCC(=O)Nc1ccc(N2CCN(Cc3ccccc3)CC2)cc1. The second-order valence-corrected chi connectivity index (χ2v) is 7.72. The standard InChI is InChI=1S/C25H31N3O3/c1-3-7-20(2)25(30)31-19-24(29)26-22-10-12-23(13-11-22)28-16-14-27(15-17-28)18-21-8-5-4-6-9-21/h4-13H,3,14-19H2,1-2H3,(H,26,29)/b20-7-. The van der Waals surface area contributed by atoms with Gasteiger partial charge in [0.2, 0.25) is 0 Å². The van der Waals surface area contributed by atoms with E-state index in [2.05, 4.69) is 39.4 Å². The van der Waals surface area contributed by atoms with Gasteiger partial charge in [0.15, 0.2) is 6.61 Å². The van der Waals surface area contributed by atoms with Gasteiger partial charge in [0.05, 0.1) is 0 Å².